The van der Waals surface area contributed by atoms with E-state index in [-0.39, 0.29) is 12.5 Å². The number of hydrogen-bond acceptors (Lipinski definition) is 7. The van der Waals surface area contributed by atoms with E-state index in [0.29, 0.717) is 55.8 Å². The van der Waals surface area contributed by atoms with Gasteiger partial charge in [0.1, 0.15) is 30.8 Å². The van der Waals surface area contributed by atoms with Gasteiger partial charge >= 0.3 is 0 Å². The largest absolute Gasteiger partial charge is 0.497 e. The van der Waals surface area contributed by atoms with Gasteiger partial charge in [0.2, 0.25) is 5.91 Å². The number of aliphatic hydroxyl groups is 1. The van der Waals surface area contributed by atoms with Gasteiger partial charge < -0.3 is 33.9 Å². The van der Waals surface area contributed by atoms with Crippen molar-refractivity contribution in [3.05, 3.63) is 54.6 Å². The Kier molecular flexibility index (Phi) is 8.59. The predicted molar refractivity (Wildman–Crippen MR) is 138 cm³/mol. The Hall–Kier alpha value is -3.39. The van der Waals surface area contributed by atoms with Crippen molar-refractivity contribution in [1.29, 1.82) is 0 Å². The van der Waals surface area contributed by atoms with Crippen molar-refractivity contribution in [1.82, 2.24) is 4.90 Å². The van der Waals surface area contributed by atoms with Crippen molar-refractivity contribution in [2.75, 3.05) is 52.0 Å². The molecule has 0 spiro atoms. The van der Waals surface area contributed by atoms with Crippen LogP contribution in [-0.4, -0.2) is 69.1 Å². The van der Waals surface area contributed by atoms with Crippen molar-refractivity contribution in [2.45, 2.75) is 31.9 Å². The topological polar surface area (TPSA) is 80.7 Å². The number of ether oxygens (including phenoxy) is 4. The molecule has 8 nitrogen and oxygen atoms in total. The van der Waals surface area contributed by atoms with Gasteiger partial charge in [-0.05, 0) is 55.2 Å². The zero-order chi connectivity index (χ0) is 25.5. The Bertz CT molecular complexity index is 1040. The normalized spacial score (nSPS) is 16.5. The summed E-state index contributed by atoms with van der Waals surface area (Å²) in [5.41, 5.74) is 1.81. The molecule has 1 saturated carbocycles. The summed E-state index contributed by atoms with van der Waals surface area (Å²) in [6.45, 7) is 6.20. The molecule has 1 unspecified atom stereocenters. The highest BCUT2D eigenvalue weighted by Gasteiger charge is 2.32. The van der Waals surface area contributed by atoms with Crippen LogP contribution in [0.3, 0.4) is 0 Å². The third kappa shape index (κ3) is 6.43. The number of anilines is 1. The second-order valence-corrected chi connectivity index (χ2v) is 9.25. The molecule has 1 heterocycles. The SMILES string of the molecule is C=CCOc1c(OC)ccc2c1CN(CC1CC1)C(=O)CCN2CC(O)COc1ccc(OC)cc1. The number of amides is 1. The molecule has 1 atom stereocenters. The summed E-state index contributed by atoms with van der Waals surface area (Å²) >= 11 is 0. The van der Waals surface area contributed by atoms with E-state index in [1.54, 1.807) is 32.4 Å². The Balaban J connectivity index is 1.56. The summed E-state index contributed by atoms with van der Waals surface area (Å²) in [6, 6.07) is 11.1. The van der Waals surface area contributed by atoms with Gasteiger partial charge in [0.15, 0.2) is 11.5 Å². The number of aliphatic hydroxyl groups excluding tert-OH is 1. The zero-order valence-corrected chi connectivity index (χ0v) is 21.2. The lowest BCUT2D eigenvalue weighted by Gasteiger charge is -2.35. The van der Waals surface area contributed by atoms with Crippen LogP contribution in [0.25, 0.3) is 0 Å². The molecule has 2 aromatic rings. The van der Waals surface area contributed by atoms with E-state index < -0.39 is 6.10 Å². The quantitative estimate of drug-likeness (QED) is 0.449. The molecule has 2 aromatic carbocycles. The van der Waals surface area contributed by atoms with E-state index in [2.05, 4.69) is 6.58 Å². The first-order valence-electron chi connectivity index (χ1n) is 12.4. The zero-order valence-electron chi connectivity index (χ0n) is 21.2. The molecule has 0 bridgehead atoms. The van der Waals surface area contributed by atoms with Crippen LogP contribution >= 0.6 is 0 Å². The Morgan fingerprint density at radius 2 is 1.81 bits per heavy atom. The van der Waals surface area contributed by atoms with Crippen molar-refractivity contribution >= 4 is 11.6 Å². The lowest BCUT2D eigenvalue weighted by molar-refractivity contribution is -0.132. The minimum absolute atomic E-state index is 0.110. The van der Waals surface area contributed by atoms with Crippen LogP contribution in [0.1, 0.15) is 24.8 Å². The van der Waals surface area contributed by atoms with Gasteiger partial charge in [-0.15, -0.1) is 0 Å². The number of benzene rings is 2. The summed E-state index contributed by atoms with van der Waals surface area (Å²) in [7, 11) is 3.22. The van der Waals surface area contributed by atoms with Crippen LogP contribution in [-0.2, 0) is 11.3 Å². The molecule has 1 N–H and O–H groups in total. The maximum Gasteiger partial charge on any atom is 0.224 e. The summed E-state index contributed by atoms with van der Waals surface area (Å²) < 4.78 is 22.6. The number of hydrogen-bond donors (Lipinski definition) is 1. The van der Waals surface area contributed by atoms with Crippen molar-refractivity contribution in [2.24, 2.45) is 5.92 Å². The number of carbonyl (C=O) groups excluding carboxylic acids is 1. The molecule has 2 aliphatic rings. The molecule has 4 rings (SSSR count). The third-order valence-electron chi connectivity index (χ3n) is 6.51. The van der Waals surface area contributed by atoms with Crippen LogP contribution in [0.5, 0.6) is 23.0 Å². The molecule has 1 amide bonds. The lowest BCUT2D eigenvalue weighted by atomic mass is 10.0. The van der Waals surface area contributed by atoms with E-state index in [9.17, 15) is 9.90 Å². The maximum absolute atomic E-state index is 13.1. The minimum atomic E-state index is -0.767. The highest BCUT2D eigenvalue weighted by atomic mass is 16.5. The average molecular weight is 497 g/mol. The van der Waals surface area contributed by atoms with Gasteiger partial charge in [0.05, 0.1) is 20.8 Å². The predicted octanol–water partition coefficient (Wildman–Crippen LogP) is 3.66. The molecule has 194 valence electrons. The second kappa shape index (κ2) is 12.0. The molecular weight excluding hydrogens is 460 g/mol. The Morgan fingerprint density at radius 3 is 2.47 bits per heavy atom. The molecule has 1 fully saturated rings. The summed E-state index contributed by atoms with van der Waals surface area (Å²) in [6.07, 6.45) is 3.64. The van der Waals surface area contributed by atoms with E-state index in [4.69, 9.17) is 18.9 Å². The first-order chi connectivity index (χ1) is 17.5. The van der Waals surface area contributed by atoms with Gasteiger partial charge in [-0.25, -0.2) is 0 Å². The van der Waals surface area contributed by atoms with Crippen LogP contribution < -0.4 is 23.8 Å². The van der Waals surface area contributed by atoms with Gasteiger partial charge in [-0.3, -0.25) is 4.79 Å². The van der Waals surface area contributed by atoms with Crippen LogP contribution in [0.2, 0.25) is 0 Å². The minimum Gasteiger partial charge on any atom is -0.497 e. The fraction of sp³-hybridized carbons (Fsp3) is 0.464. The standard InChI is InChI=1S/C28H36N2O6/c1-4-15-35-28-24-18-30(16-20-5-6-20)27(32)13-14-29(25(24)11-12-26(28)34-3)17-21(31)19-36-23-9-7-22(33-2)8-10-23/h4,7-12,20-21,31H,1,5-6,13-19H2,2-3H3. The van der Waals surface area contributed by atoms with Crippen molar-refractivity contribution in [3.63, 3.8) is 0 Å². The van der Waals surface area contributed by atoms with Crippen LogP contribution in [0.4, 0.5) is 5.69 Å². The van der Waals surface area contributed by atoms with E-state index >= 15 is 0 Å². The molecular formula is C28H36N2O6. The molecule has 0 saturated heterocycles. The maximum atomic E-state index is 13.1. The summed E-state index contributed by atoms with van der Waals surface area (Å²) in [4.78, 5) is 17.1. The number of β-amino-alcohol motifs (C(OH)–C–C–N with tert-alkyl or cyclic N) is 1. The van der Waals surface area contributed by atoms with E-state index in [1.807, 2.05) is 34.1 Å². The highest BCUT2D eigenvalue weighted by Crippen LogP contribution is 2.41. The van der Waals surface area contributed by atoms with Gasteiger partial charge in [-0.1, -0.05) is 12.7 Å². The molecule has 0 aromatic heterocycles. The Labute approximate surface area is 213 Å². The van der Waals surface area contributed by atoms with Crippen LogP contribution in [0, 0.1) is 5.92 Å². The van der Waals surface area contributed by atoms with Crippen molar-refractivity contribution < 1.29 is 28.8 Å². The van der Waals surface area contributed by atoms with Gasteiger partial charge in [-0.2, -0.15) is 0 Å². The smallest absolute Gasteiger partial charge is 0.224 e. The highest BCUT2D eigenvalue weighted by molar-refractivity contribution is 5.79. The molecule has 0 radical (unpaired) electrons. The molecule has 36 heavy (non-hydrogen) atoms. The molecule has 1 aliphatic carbocycles. The first-order valence-corrected chi connectivity index (χ1v) is 12.4. The number of carbonyl (C=O) groups is 1. The summed E-state index contributed by atoms with van der Waals surface area (Å²) in [5, 5.41) is 10.9. The average Bonchev–Trinajstić information content (AvgIpc) is 3.72. The molecule has 8 heteroatoms. The number of nitrogens with zero attached hydrogens (tertiary/aromatic N) is 2. The van der Waals surface area contributed by atoms with Gasteiger partial charge in [0, 0.05) is 37.3 Å². The number of fused-ring (bicyclic) bond motifs is 1. The first kappa shape index (κ1) is 25.7. The van der Waals surface area contributed by atoms with Crippen LogP contribution in [0.15, 0.2) is 49.1 Å². The third-order valence-corrected chi connectivity index (χ3v) is 6.51. The molecule has 1 aliphatic heterocycles. The van der Waals surface area contributed by atoms with E-state index in [1.165, 1.54) is 12.8 Å². The lowest BCUT2D eigenvalue weighted by Crippen LogP contribution is -2.42. The monoisotopic (exact) mass is 496 g/mol. The fourth-order valence-electron chi connectivity index (χ4n) is 4.43. The van der Waals surface area contributed by atoms with Crippen molar-refractivity contribution in [3.8, 4) is 23.0 Å². The second-order valence-electron chi connectivity index (χ2n) is 9.25. The van der Waals surface area contributed by atoms with Gasteiger partial charge in [0.25, 0.3) is 0 Å². The Morgan fingerprint density at radius 1 is 1.06 bits per heavy atom. The van der Waals surface area contributed by atoms with E-state index in [0.717, 1.165) is 23.5 Å². The summed E-state index contributed by atoms with van der Waals surface area (Å²) in [5.74, 6) is 3.30. The fourth-order valence-corrected chi connectivity index (χ4v) is 4.43. The number of methoxy groups -OCH3 is 2. The number of rotatable bonds is 12.